The minimum Gasteiger partial charge on any atom is -0.481 e. The van der Waals surface area contributed by atoms with E-state index in [2.05, 4.69) is 5.32 Å². The molecule has 4 heteroatoms. The fraction of sp³-hybridized carbons (Fsp3) is 0.846. The molecule has 2 N–H and O–H groups in total. The zero-order valence-electron chi connectivity index (χ0n) is 11.0. The number of carbonyl (C=O) groups excluding carboxylic acids is 1. The lowest BCUT2D eigenvalue weighted by Crippen LogP contribution is -2.45. The van der Waals surface area contributed by atoms with Crippen LogP contribution in [0.3, 0.4) is 0 Å². The summed E-state index contributed by atoms with van der Waals surface area (Å²) >= 11 is 0. The first-order valence-corrected chi connectivity index (χ1v) is 6.36. The van der Waals surface area contributed by atoms with Crippen LogP contribution in [0.15, 0.2) is 0 Å². The summed E-state index contributed by atoms with van der Waals surface area (Å²) in [6.45, 7) is 6.45. The molecule has 0 aromatic heterocycles. The van der Waals surface area contributed by atoms with Crippen molar-refractivity contribution >= 4 is 11.9 Å². The predicted molar refractivity (Wildman–Crippen MR) is 65.5 cm³/mol. The average Bonchev–Trinajstić information content (AvgIpc) is 2.19. The summed E-state index contributed by atoms with van der Waals surface area (Å²) < 4.78 is 0. The zero-order chi connectivity index (χ0) is 13.1. The third kappa shape index (κ3) is 3.72. The summed E-state index contributed by atoms with van der Waals surface area (Å²) in [5, 5.41) is 11.8. The monoisotopic (exact) mass is 241 g/mol. The number of aliphatic carboxylic acids is 1. The molecule has 0 aromatic rings. The maximum absolute atomic E-state index is 11.8. The predicted octanol–water partition coefficient (Wildman–Crippen LogP) is 2.04. The van der Waals surface area contributed by atoms with Gasteiger partial charge in [0.25, 0.3) is 0 Å². The Morgan fingerprint density at radius 2 is 1.88 bits per heavy atom. The normalized spacial score (nSPS) is 19.5. The fourth-order valence-electron chi connectivity index (χ4n) is 2.15. The van der Waals surface area contributed by atoms with E-state index in [1.807, 2.05) is 20.8 Å². The van der Waals surface area contributed by atoms with E-state index in [-0.39, 0.29) is 23.7 Å². The Bertz CT molecular complexity index is 295. The minimum atomic E-state index is -0.768. The van der Waals surface area contributed by atoms with Gasteiger partial charge in [-0.15, -0.1) is 0 Å². The van der Waals surface area contributed by atoms with Crippen LogP contribution < -0.4 is 5.32 Å². The standard InChI is InChI=1S/C13H23NO3/c1-9(2)10(3)12(17)14-8-13(5-4-6-13)7-11(15)16/h9-10H,4-8H2,1-3H3,(H,14,17)(H,15,16). The van der Waals surface area contributed by atoms with Gasteiger partial charge in [0.15, 0.2) is 0 Å². The van der Waals surface area contributed by atoms with Crippen LogP contribution in [0.2, 0.25) is 0 Å². The van der Waals surface area contributed by atoms with Gasteiger partial charge in [0.05, 0.1) is 6.42 Å². The van der Waals surface area contributed by atoms with E-state index in [0.29, 0.717) is 12.5 Å². The quantitative estimate of drug-likeness (QED) is 0.748. The van der Waals surface area contributed by atoms with Crippen LogP contribution in [-0.2, 0) is 9.59 Å². The average molecular weight is 241 g/mol. The van der Waals surface area contributed by atoms with E-state index in [9.17, 15) is 9.59 Å². The first-order valence-electron chi connectivity index (χ1n) is 6.36. The van der Waals surface area contributed by atoms with Crippen molar-refractivity contribution in [3.05, 3.63) is 0 Å². The molecule has 98 valence electrons. The second-order valence-corrected chi connectivity index (χ2v) is 5.67. The van der Waals surface area contributed by atoms with Gasteiger partial charge in [-0.3, -0.25) is 9.59 Å². The third-order valence-corrected chi connectivity index (χ3v) is 3.99. The van der Waals surface area contributed by atoms with Crippen LogP contribution in [0.4, 0.5) is 0 Å². The summed E-state index contributed by atoms with van der Waals surface area (Å²) in [5.74, 6) is -0.434. The topological polar surface area (TPSA) is 66.4 Å². The van der Waals surface area contributed by atoms with E-state index in [1.54, 1.807) is 0 Å². The van der Waals surface area contributed by atoms with E-state index in [1.165, 1.54) is 0 Å². The highest BCUT2D eigenvalue weighted by molar-refractivity contribution is 5.78. The Morgan fingerprint density at radius 1 is 1.29 bits per heavy atom. The van der Waals surface area contributed by atoms with Gasteiger partial charge in [0.2, 0.25) is 5.91 Å². The van der Waals surface area contributed by atoms with Crippen molar-refractivity contribution in [2.75, 3.05) is 6.54 Å². The van der Waals surface area contributed by atoms with E-state index in [0.717, 1.165) is 19.3 Å². The van der Waals surface area contributed by atoms with Crippen LogP contribution in [0.5, 0.6) is 0 Å². The number of rotatable bonds is 6. The van der Waals surface area contributed by atoms with Crippen LogP contribution in [0.25, 0.3) is 0 Å². The fourth-order valence-corrected chi connectivity index (χ4v) is 2.15. The van der Waals surface area contributed by atoms with Crippen LogP contribution in [0.1, 0.15) is 46.5 Å². The van der Waals surface area contributed by atoms with Crippen molar-refractivity contribution in [2.45, 2.75) is 46.5 Å². The van der Waals surface area contributed by atoms with Crippen molar-refractivity contribution in [1.82, 2.24) is 5.32 Å². The SMILES string of the molecule is CC(C)C(C)C(=O)NCC1(CC(=O)O)CCC1. The van der Waals surface area contributed by atoms with E-state index < -0.39 is 5.97 Å². The molecule has 1 atom stereocenters. The summed E-state index contributed by atoms with van der Waals surface area (Å²) in [7, 11) is 0. The smallest absolute Gasteiger partial charge is 0.303 e. The maximum atomic E-state index is 11.8. The number of carbonyl (C=O) groups is 2. The highest BCUT2D eigenvalue weighted by atomic mass is 16.4. The van der Waals surface area contributed by atoms with Crippen molar-refractivity contribution in [1.29, 1.82) is 0 Å². The molecule has 1 saturated carbocycles. The molecule has 0 bridgehead atoms. The minimum absolute atomic E-state index is 0.0167. The van der Waals surface area contributed by atoms with Crippen LogP contribution in [-0.4, -0.2) is 23.5 Å². The van der Waals surface area contributed by atoms with Gasteiger partial charge in [-0.2, -0.15) is 0 Å². The number of nitrogens with one attached hydrogen (secondary N) is 1. The Kier molecular flexibility index (Phi) is 4.54. The summed E-state index contributed by atoms with van der Waals surface area (Å²) in [6.07, 6.45) is 3.07. The second kappa shape index (κ2) is 5.52. The maximum Gasteiger partial charge on any atom is 0.303 e. The lowest BCUT2D eigenvalue weighted by Gasteiger charge is -2.41. The lowest BCUT2D eigenvalue weighted by molar-refractivity contribution is -0.142. The van der Waals surface area contributed by atoms with E-state index >= 15 is 0 Å². The molecule has 1 rings (SSSR count). The van der Waals surface area contributed by atoms with Gasteiger partial charge in [0, 0.05) is 12.5 Å². The molecule has 0 aromatic carbocycles. The van der Waals surface area contributed by atoms with Gasteiger partial charge < -0.3 is 10.4 Å². The molecule has 0 radical (unpaired) electrons. The number of carboxylic acids is 1. The molecule has 0 heterocycles. The van der Waals surface area contributed by atoms with E-state index in [4.69, 9.17) is 5.11 Å². The molecule has 0 spiro atoms. The molecule has 1 aliphatic rings. The third-order valence-electron chi connectivity index (χ3n) is 3.99. The van der Waals surface area contributed by atoms with Gasteiger partial charge in [-0.25, -0.2) is 0 Å². The van der Waals surface area contributed by atoms with Crippen molar-refractivity contribution < 1.29 is 14.7 Å². The van der Waals surface area contributed by atoms with Crippen LogP contribution >= 0.6 is 0 Å². The highest BCUT2D eigenvalue weighted by Crippen LogP contribution is 2.43. The summed E-state index contributed by atoms with van der Waals surface area (Å²) in [6, 6.07) is 0. The van der Waals surface area contributed by atoms with Crippen molar-refractivity contribution in [3.8, 4) is 0 Å². The second-order valence-electron chi connectivity index (χ2n) is 5.67. The van der Waals surface area contributed by atoms with Gasteiger partial charge >= 0.3 is 5.97 Å². The molecule has 0 saturated heterocycles. The number of hydrogen-bond acceptors (Lipinski definition) is 2. The molecule has 1 aliphatic carbocycles. The molecule has 1 unspecified atom stereocenters. The molecule has 0 aliphatic heterocycles. The van der Waals surface area contributed by atoms with Crippen molar-refractivity contribution in [3.63, 3.8) is 0 Å². The molecule has 17 heavy (non-hydrogen) atoms. The highest BCUT2D eigenvalue weighted by Gasteiger charge is 2.39. The molecule has 4 nitrogen and oxygen atoms in total. The summed E-state index contributed by atoms with van der Waals surface area (Å²) in [4.78, 5) is 22.6. The number of carboxylic acid groups (broad SMARTS) is 1. The molecule has 1 fully saturated rings. The first kappa shape index (κ1) is 14.0. The first-order chi connectivity index (χ1) is 7.86. The van der Waals surface area contributed by atoms with Gasteiger partial charge in [-0.05, 0) is 24.2 Å². The zero-order valence-corrected chi connectivity index (χ0v) is 11.0. The van der Waals surface area contributed by atoms with Crippen LogP contribution in [0, 0.1) is 17.3 Å². The molecular weight excluding hydrogens is 218 g/mol. The Labute approximate surface area is 103 Å². The largest absolute Gasteiger partial charge is 0.481 e. The Hall–Kier alpha value is -1.06. The molecular formula is C13H23NO3. The number of hydrogen-bond donors (Lipinski definition) is 2. The molecule has 1 amide bonds. The Balaban J connectivity index is 2.43. The van der Waals surface area contributed by atoms with Gasteiger partial charge in [0.1, 0.15) is 0 Å². The number of amides is 1. The lowest BCUT2D eigenvalue weighted by atomic mass is 9.66. The van der Waals surface area contributed by atoms with Gasteiger partial charge in [-0.1, -0.05) is 27.2 Å². The van der Waals surface area contributed by atoms with Crippen molar-refractivity contribution in [2.24, 2.45) is 17.3 Å². The Morgan fingerprint density at radius 3 is 2.24 bits per heavy atom. The summed E-state index contributed by atoms with van der Waals surface area (Å²) in [5.41, 5.74) is -0.182.